The van der Waals surface area contributed by atoms with Crippen LogP contribution in [0.1, 0.15) is 15.9 Å². The van der Waals surface area contributed by atoms with E-state index in [1.165, 1.54) is 0 Å². The Hall–Kier alpha value is -1.42. The number of nitrogens with two attached hydrogens (primary N) is 1. The van der Waals surface area contributed by atoms with Crippen molar-refractivity contribution in [3.05, 3.63) is 35.4 Å². The number of carboxylic acid groups (broad SMARTS) is 1. The van der Waals surface area contributed by atoms with Gasteiger partial charge in [0.2, 0.25) is 0 Å². The Morgan fingerprint density at radius 3 is 2.15 bits per heavy atom. The standard InChI is InChI=1S/C8H9NO2.CH3F/c9-5-6-1-3-7(4-2-6)8(10)11;1-2/h1-4H,5,9H2,(H,10,11);1H3. The molecule has 0 aliphatic rings. The van der Waals surface area contributed by atoms with Crippen LogP contribution in [0, 0.1) is 0 Å². The van der Waals surface area contributed by atoms with Crippen molar-refractivity contribution in [2.24, 2.45) is 5.73 Å². The van der Waals surface area contributed by atoms with Crippen molar-refractivity contribution < 1.29 is 14.3 Å². The molecule has 0 aliphatic carbocycles. The third-order valence-electron chi connectivity index (χ3n) is 1.44. The maximum Gasteiger partial charge on any atom is 0.335 e. The minimum atomic E-state index is -0.909. The summed E-state index contributed by atoms with van der Waals surface area (Å²) in [7, 11) is 0.500. The first-order valence-electron chi connectivity index (χ1n) is 3.64. The van der Waals surface area contributed by atoms with Crippen LogP contribution in [0.4, 0.5) is 4.39 Å². The fourth-order valence-electron chi connectivity index (χ4n) is 0.783. The highest BCUT2D eigenvalue weighted by atomic mass is 19.1. The van der Waals surface area contributed by atoms with Gasteiger partial charge in [0, 0.05) is 6.54 Å². The smallest absolute Gasteiger partial charge is 0.335 e. The average molecular weight is 185 g/mol. The normalized spacial score (nSPS) is 8.54. The first kappa shape index (κ1) is 11.6. The predicted octanol–water partition coefficient (Wildman–Crippen LogP) is 1.43. The fourth-order valence-corrected chi connectivity index (χ4v) is 0.783. The zero-order chi connectivity index (χ0) is 10.3. The van der Waals surface area contributed by atoms with Crippen molar-refractivity contribution in [1.29, 1.82) is 0 Å². The van der Waals surface area contributed by atoms with Crippen molar-refractivity contribution in [2.45, 2.75) is 6.54 Å². The summed E-state index contributed by atoms with van der Waals surface area (Å²) in [4.78, 5) is 10.4. The lowest BCUT2D eigenvalue weighted by atomic mass is 10.1. The van der Waals surface area contributed by atoms with E-state index >= 15 is 0 Å². The van der Waals surface area contributed by atoms with E-state index in [0.717, 1.165) is 5.56 Å². The number of halogens is 1. The molecular weight excluding hydrogens is 173 g/mol. The Morgan fingerprint density at radius 1 is 1.38 bits per heavy atom. The molecule has 1 aromatic carbocycles. The number of carboxylic acids is 1. The van der Waals surface area contributed by atoms with Crippen molar-refractivity contribution in [3.8, 4) is 0 Å². The molecule has 0 atom stereocenters. The van der Waals surface area contributed by atoms with Gasteiger partial charge in [0.05, 0.1) is 12.7 Å². The van der Waals surface area contributed by atoms with Crippen LogP contribution in [-0.2, 0) is 6.54 Å². The van der Waals surface area contributed by atoms with Gasteiger partial charge in [-0.3, -0.25) is 4.39 Å². The summed E-state index contributed by atoms with van der Waals surface area (Å²) in [6.07, 6.45) is 0. The molecule has 3 N–H and O–H groups in total. The zero-order valence-corrected chi connectivity index (χ0v) is 7.33. The lowest BCUT2D eigenvalue weighted by molar-refractivity contribution is 0.0697. The number of alkyl halides is 1. The molecule has 0 bridgehead atoms. The van der Waals surface area contributed by atoms with E-state index in [1.807, 2.05) is 0 Å². The van der Waals surface area contributed by atoms with Crippen molar-refractivity contribution in [1.82, 2.24) is 0 Å². The quantitative estimate of drug-likeness (QED) is 0.732. The van der Waals surface area contributed by atoms with Crippen LogP contribution in [0.3, 0.4) is 0 Å². The molecule has 0 saturated carbocycles. The van der Waals surface area contributed by atoms with E-state index in [9.17, 15) is 9.18 Å². The average Bonchev–Trinajstić information content (AvgIpc) is 2.21. The van der Waals surface area contributed by atoms with Gasteiger partial charge in [0.1, 0.15) is 0 Å². The van der Waals surface area contributed by atoms with E-state index in [2.05, 4.69) is 0 Å². The topological polar surface area (TPSA) is 63.3 Å². The molecule has 0 unspecified atom stereocenters. The summed E-state index contributed by atoms with van der Waals surface area (Å²) in [5.41, 5.74) is 6.56. The molecule has 1 aromatic rings. The van der Waals surface area contributed by atoms with Gasteiger partial charge in [-0.1, -0.05) is 12.1 Å². The second kappa shape index (κ2) is 6.14. The number of carbonyl (C=O) groups is 1. The van der Waals surface area contributed by atoms with Gasteiger partial charge in [-0.05, 0) is 17.7 Å². The van der Waals surface area contributed by atoms with Crippen molar-refractivity contribution >= 4 is 5.97 Å². The molecule has 0 aliphatic heterocycles. The highest BCUT2D eigenvalue weighted by molar-refractivity contribution is 5.87. The van der Waals surface area contributed by atoms with Crippen LogP contribution in [0.25, 0.3) is 0 Å². The molecule has 0 heterocycles. The molecule has 0 fully saturated rings. The van der Waals surface area contributed by atoms with E-state index < -0.39 is 5.97 Å². The Kier molecular flexibility index (Phi) is 5.47. The van der Waals surface area contributed by atoms with E-state index in [1.54, 1.807) is 24.3 Å². The highest BCUT2D eigenvalue weighted by Crippen LogP contribution is 2.02. The van der Waals surface area contributed by atoms with E-state index in [4.69, 9.17) is 10.8 Å². The summed E-state index contributed by atoms with van der Waals surface area (Å²) in [5, 5.41) is 8.52. The zero-order valence-electron chi connectivity index (χ0n) is 7.33. The van der Waals surface area contributed by atoms with Crippen molar-refractivity contribution in [3.63, 3.8) is 0 Å². The molecule has 72 valence electrons. The van der Waals surface area contributed by atoms with Crippen LogP contribution >= 0.6 is 0 Å². The van der Waals surface area contributed by atoms with Crippen LogP contribution in [-0.4, -0.2) is 18.3 Å². The molecule has 0 spiro atoms. The third-order valence-corrected chi connectivity index (χ3v) is 1.44. The molecule has 4 heteroatoms. The van der Waals surface area contributed by atoms with Gasteiger partial charge >= 0.3 is 5.97 Å². The minimum absolute atomic E-state index is 0.294. The number of hydrogen-bond donors (Lipinski definition) is 2. The summed E-state index contributed by atoms with van der Waals surface area (Å²) < 4.78 is 9.50. The predicted molar refractivity (Wildman–Crippen MR) is 48.3 cm³/mol. The van der Waals surface area contributed by atoms with Crippen LogP contribution in [0.15, 0.2) is 24.3 Å². The maximum atomic E-state index is 10.4. The van der Waals surface area contributed by atoms with Gasteiger partial charge in [0.25, 0.3) is 0 Å². The van der Waals surface area contributed by atoms with Gasteiger partial charge in [0.15, 0.2) is 0 Å². The Morgan fingerprint density at radius 2 is 1.85 bits per heavy atom. The second-order valence-corrected chi connectivity index (χ2v) is 2.21. The molecule has 13 heavy (non-hydrogen) atoms. The number of benzene rings is 1. The summed E-state index contributed by atoms with van der Waals surface area (Å²) in [6, 6.07) is 6.52. The SMILES string of the molecule is CF.NCc1ccc(C(=O)O)cc1. The lowest BCUT2D eigenvalue weighted by Gasteiger charge is -1.96. The minimum Gasteiger partial charge on any atom is -0.478 e. The first-order valence-corrected chi connectivity index (χ1v) is 3.64. The number of hydrogen-bond acceptors (Lipinski definition) is 2. The molecule has 0 radical (unpaired) electrons. The van der Waals surface area contributed by atoms with Crippen LogP contribution in [0.5, 0.6) is 0 Å². The Bertz CT molecular complexity index is 259. The summed E-state index contributed by atoms with van der Waals surface area (Å²) in [6.45, 7) is 0.444. The van der Waals surface area contributed by atoms with Crippen LogP contribution in [0.2, 0.25) is 0 Å². The third kappa shape index (κ3) is 3.66. The molecule has 0 aromatic heterocycles. The summed E-state index contributed by atoms with van der Waals surface area (Å²) in [5.74, 6) is -0.909. The fraction of sp³-hybridized carbons (Fsp3) is 0.222. The molecule has 3 nitrogen and oxygen atoms in total. The number of rotatable bonds is 2. The van der Waals surface area contributed by atoms with Gasteiger partial charge in [-0.25, -0.2) is 4.79 Å². The second-order valence-electron chi connectivity index (χ2n) is 2.21. The Balaban J connectivity index is 0.000000671. The maximum absolute atomic E-state index is 10.4. The van der Waals surface area contributed by atoms with Crippen molar-refractivity contribution in [2.75, 3.05) is 7.18 Å². The molecular formula is C9H12FNO2. The van der Waals surface area contributed by atoms with Gasteiger partial charge in [-0.2, -0.15) is 0 Å². The van der Waals surface area contributed by atoms with E-state index in [-0.39, 0.29) is 0 Å². The first-order chi connectivity index (χ1) is 6.24. The number of aromatic carboxylic acids is 1. The molecule has 0 saturated heterocycles. The lowest BCUT2D eigenvalue weighted by Crippen LogP contribution is -1.99. The monoisotopic (exact) mass is 185 g/mol. The largest absolute Gasteiger partial charge is 0.478 e. The summed E-state index contributed by atoms with van der Waals surface area (Å²) >= 11 is 0. The molecule has 0 amide bonds. The Labute approximate surface area is 76.0 Å². The van der Waals surface area contributed by atoms with Gasteiger partial charge < -0.3 is 10.8 Å². The van der Waals surface area contributed by atoms with Crippen LogP contribution < -0.4 is 5.73 Å². The highest BCUT2D eigenvalue weighted by Gasteiger charge is 1.99. The van der Waals surface area contributed by atoms with E-state index in [0.29, 0.717) is 19.3 Å². The molecule has 1 rings (SSSR count). The van der Waals surface area contributed by atoms with Gasteiger partial charge in [-0.15, -0.1) is 0 Å².